The lowest BCUT2D eigenvalue weighted by Gasteiger charge is -2.36. The molecule has 0 spiro atoms. The van der Waals surface area contributed by atoms with Gasteiger partial charge in [-0.25, -0.2) is 0 Å². The van der Waals surface area contributed by atoms with Crippen molar-refractivity contribution in [2.45, 2.75) is 45.1 Å². The molecule has 1 aromatic rings. The molecular weight excluding hydrogens is 264 g/mol. The largest absolute Gasteiger partial charge is 0.477 e. The van der Waals surface area contributed by atoms with E-state index in [-0.39, 0.29) is 0 Å². The van der Waals surface area contributed by atoms with Crippen molar-refractivity contribution in [1.29, 1.82) is 0 Å². The lowest BCUT2D eigenvalue weighted by atomic mass is 9.90. The van der Waals surface area contributed by atoms with Crippen molar-refractivity contribution < 1.29 is 4.74 Å². The van der Waals surface area contributed by atoms with Gasteiger partial charge in [0.2, 0.25) is 5.88 Å². The third-order valence-electron chi connectivity index (χ3n) is 4.50. The molecule has 2 fully saturated rings. The molecule has 3 rings (SSSR count). The highest BCUT2D eigenvalue weighted by Gasteiger charge is 2.29. The Morgan fingerprint density at radius 3 is 3.10 bits per heavy atom. The van der Waals surface area contributed by atoms with Crippen LogP contribution in [0.3, 0.4) is 0 Å². The zero-order valence-electron chi connectivity index (χ0n) is 12.9. The van der Waals surface area contributed by atoms with Gasteiger partial charge in [0.1, 0.15) is 0 Å². The number of ether oxygens (including phenoxy) is 1. The molecule has 0 saturated carbocycles. The van der Waals surface area contributed by atoms with Gasteiger partial charge in [0.15, 0.2) is 5.82 Å². The van der Waals surface area contributed by atoms with Gasteiger partial charge in [0.05, 0.1) is 19.0 Å². The second-order valence-electron chi connectivity index (χ2n) is 6.12. The lowest BCUT2D eigenvalue weighted by molar-refractivity contribution is 0.302. The van der Waals surface area contributed by atoms with Gasteiger partial charge in [0.25, 0.3) is 0 Å². The van der Waals surface area contributed by atoms with Crippen LogP contribution in [0.25, 0.3) is 0 Å². The van der Waals surface area contributed by atoms with E-state index in [9.17, 15) is 0 Å². The van der Waals surface area contributed by atoms with Crippen LogP contribution in [0, 0.1) is 5.92 Å². The van der Waals surface area contributed by atoms with E-state index in [1.165, 1.54) is 32.2 Å². The summed E-state index contributed by atoms with van der Waals surface area (Å²) in [5, 5.41) is 3.65. The van der Waals surface area contributed by atoms with Crippen LogP contribution >= 0.6 is 0 Å². The van der Waals surface area contributed by atoms with Crippen molar-refractivity contribution in [3.05, 3.63) is 12.4 Å². The number of aromatic nitrogens is 2. The Morgan fingerprint density at radius 2 is 2.29 bits per heavy atom. The molecule has 21 heavy (non-hydrogen) atoms. The molecular formula is C16H26N4O. The van der Waals surface area contributed by atoms with Crippen LogP contribution in [-0.4, -0.2) is 42.3 Å². The van der Waals surface area contributed by atoms with Crippen LogP contribution in [-0.2, 0) is 0 Å². The van der Waals surface area contributed by atoms with E-state index in [0.29, 0.717) is 18.5 Å². The number of nitrogens with one attached hydrogen (secondary N) is 1. The molecule has 3 heterocycles. The predicted molar refractivity (Wildman–Crippen MR) is 83.8 cm³/mol. The van der Waals surface area contributed by atoms with Gasteiger partial charge in [-0.15, -0.1) is 0 Å². The lowest BCUT2D eigenvalue weighted by Crippen LogP contribution is -2.43. The van der Waals surface area contributed by atoms with Crippen molar-refractivity contribution in [2.75, 3.05) is 31.1 Å². The SMILES string of the molecule is CCCOc1cncc(N2CCCC(C3CCCN3)C2)n1. The highest BCUT2D eigenvalue weighted by Crippen LogP contribution is 2.27. The Morgan fingerprint density at radius 1 is 1.33 bits per heavy atom. The maximum Gasteiger partial charge on any atom is 0.234 e. The summed E-state index contributed by atoms with van der Waals surface area (Å²) in [5.41, 5.74) is 0. The van der Waals surface area contributed by atoms with Gasteiger partial charge in [-0.05, 0) is 44.6 Å². The summed E-state index contributed by atoms with van der Waals surface area (Å²) in [6.45, 7) is 6.15. The number of anilines is 1. The first-order valence-electron chi connectivity index (χ1n) is 8.30. The molecule has 2 aliphatic rings. The van der Waals surface area contributed by atoms with Crippen LogP contribution in [0.4, 0.5) is 5.82 Å². The monoisotopic (exact) mass is 290 g/mol. The summed E-state index contributed by atoms with van der Waals surface area (Å²) in [5.74, 6) is 2.35. The fourth-order valence-electron chi connectivity index (χ4n) is 3.43. The van der Waals surface area contributed by atoms with Crippen LogP contribution in [0.15, 0.2) is 12.4 Å². The van der Waals surface area contributed by atoms with Crippen molar-refractivity contribution in [1.82, 2.24) is 15.3 Å². The van der Waals surface area contributed by atoms with Gasteiger partial charge < -0.3 is 15.0 Å². The van der Waals surface area contributed by atoms with Crippen LogP contribution in [0.5, 0.6) is 5.88 Å². The minimum absolute atomic E-state index is 0.649. The number of piperidine rings is 1. The summed E-state index contributed by atoms with van der Waals surface area (Å²) in [4.78, 5) is 11.3. The molecule has 0 radical (unpaired) electrons. The van der Waals surface area contributed by atoms with Crippen molar-refractivity contribution in [2.24, 2.45) is 5.92 Å². The third kappa shape index (κ3) is 3.64. The fourth-order valence-corrected chi connectivity index (χ4v) is 3.43. The topological polar surface area (TPSA) is 50.3 Å². The highest BCUT2D eigenvalue weighted by atomic mass is 16.5. The molecule has 2 aliphatic heterocycles. The minimum atomic E-state index is 0.649. The van der Waals surface area contributed by atoms with E-state index >= 15 is 0 Å². The summed E-state index contributed by atoms with van der Waals surface area (Å²) >= 11 is 0. The first-order chi connectivity index (χ1) is 10.4. The molecule has 0 aromatic carbocycles. The Balaban J connectivity index is 1.64. The molecule has 1 aromatic heterocycles. The molecule has 2 saturated heterocycles. The Labute approximate surface area is 127 Å². The fraction of sp³-hybridized carbons (Fsp3) is 0.750. The second kappa shape index (κ2) is 7.07. The quantitative estimate of drug-likeness (QED) is 0.901. The van der Waals surface area contributed by atoms with Gasteiger partial charge in [-0.1, -0.05) is 6.92 Å². The number of hydrogen-bond acceptors (Lipinski definition) is 5. The molecule has 0 bridgehead atoms. The molecule has 0 amide bonds. The maximum atomic E-state index is 5.60. The Hall–Kier alpha value is -1.36. The number of nitrogens with zero attached hydrogens (tertiary/aromatic N) is 3. The maximum absolute atomic E-state index is 5.60. The Bertz CT molecular complexity index is 448. The highest BCUT2D eigenvalue weighted by molar-refractivity contribution is 5.38. The van der Waals surface area contributed by atoms with E-state index in [4.69, 9.17) is 4.74 Å². The number of rotatable bonds is 5. The predicted octanol–water partition coefficient (Wildman–Crippen LogP) is 2.23. The third-order valence-corrected chi connectivity index (χ3v) is 4.50. The summed E-state index contributed by atoms with van der Waals surface area (Å²) in [6, 6.07) is 0.695. The molecule has 116 valence electrons. The van der Waals surface area contributed by atoms with E-state index in [2.05, 4.69) is 27.1 Å². The van der Waals surface area contributed by atoms with Gasteiger partial charge in [-0.2, -0.15) is 4.98 Å². The molecule has 5 nitrogen and oxygen atoms in total. The molecule has 2 unspecified atom stereocenters. The van der Waals surface area contributed by atoms with Crippen molar-refractivity contribution in [3.63, 3.8) is 0 Å². The molecule has 0 aliphatic carbocycles. The minimum Gasteiger partial charge on any atom is -0.477 e. The first-order valence-corrected chi connectivity index (χ1v) is 8.30. The summed E-state index contributed by atoms with van der Waals surface area (Å²) in [7, 11) is 0. The zero-order chi connectivity index (χ0) is 14.5. The first kappa shape index (κ1) is 14.6. The summed E-state index contributed by atoms with van der Waals surface area (Å²) < 4.78 is 5.60. The second-order valence-corrected chi connectivity index (χ2v) is 6.12. The molecule has 1 N–H and O–H groups in total. The molecule has 2 atom stereocenters. The standard InChI is InChI=1S/C16H26N4O/c1-2-9-21-16-11-17-10-15(19-16)20-8-4-5-13(12-20)14-6-3-7-18-14/h10-11,13-14,18H,2-9,12H2,1H3. The Kier molecular flexibility index (Phi) is 4.91. The van der Waals surface area contributed by atoms with Gasteiger partial charge in [0, 0.05) is 19.1 Å². The smallest absolute Gasteiger partial charge is 0.234 e. The van der Waals surface area contributed by atoms with Crippen molar-refractivity contribution >= 4 is 5.82 Å². The number of hydrogen-bond donors (Lipinski definition) is 1. The molecule has 5 heteroatoms. The summed E-state index contributed by atoms with van der Waals surface area (Å²) in [6.07, 6.45) is 9.77. The van der Waals surface area contributed by atoms with Gasteiger partial charge in [-0.3, -0.25) is 4.98 Å². The van der Waals surface area contributed by atoms with E-state index in [1.54, 1.807) is 6.20 Å². The van der Waals surface area contributed by atoms with Crippen LogP contribution < -0.4 is 15.0 Å². The van der Waals surface area contributed by atoms with E-state index in [0.717, 1.165) is 31.2 Å². The zero-order valence-corrected chi connectivity index (χ0v) is 12.9. The van der Waals surface area contributed by atoms with E-state index < -0.39 is 0 Å². The van der Waals surface area contributed by atoms with Gasteiger partial charge >= 0.3 is 0 Å². The van der Waals surface area contributed by atoms with Crippen LogP contribution in [0.2, 0.25) is 0 Å². The normalized spacial score (nSPS) is 26.0. The average molecular weight is 290 g/mol. The van der Waals surface area contributed by atoms with Crippen LogP contribution in [0.1, 0.15) is 39.0 Å². The average Bonchev–Trinajstić information content (AvgIpc) is 3.08. The van der Waals surface area contributed by atoms with Crippen molar-refractivity contribution in [3.8, 4) is 5.88 Å². The van der Waals surface area contributed by atoms with E-state index in [1.807, 2.05) is 6.20 Å².